The number of carbonyl (C=O) groups excluding carboxylic acids is 2. The van der Waals surface area contributed by atoms with Crippen molar-refractivity contribution in [3.05, 3.63) is 68.8 Å². The highest BCUT2D eigenvalue weighted by atomic mass is 127. The van der Waals surface area contributed by atoms with Crippen LogP contribution in [0.15, 0.2) is 48.5 Å². The van der Waals surface area contributed by atoms with Gasteiger partial charge in [-0.3, -0.25) is 9.59 Å². The van der Waals surface area contributed by atoms with Gasteiger partial charge in [0.15, 0.2) is 0 Å². The number of amides is 2. The molecule has 0 atom stereocenters. The maximum atomic E-state index is 12.7. The van der Waals surface area contributed by atoms with E-state index in [1.807, 2.05) is 65.3 Å². The highest BCUT2D eigenvalue weighted by Crippen LogP contribution is 2.19. The van der Waals surface area contributed by atoms with E-state index in [0.717, 1.165) is 14.7 Å². The van der Waals surface area contributed by atoms with Crippen LogP contribution in [0.2, 0.25) is 0 Å². The molecule has 0 radical (unpaired) electrons. The molecule has 0 unspecified atom stereocenters. The molecular weight excluding hydrogens is 415 g/mol. The Kier molecular flexibility index (Phi) is 5.18. The molecular formula is C19H19IN2O2. The van der Waals surface area contributed by atoms with Gasteiger partial charge in [0.25, 0.3) is 11.8 Å². The first-order valence-corrected chi connectivity index (χ1v) is 9.04. The zero-order chi connectivity index (χ0) is 17.1. The summed E-state index contributed by atoms with van der Waals surface area (Å²) in [4.78, 5) is 28.9. The Bertz CT molecular complexity index is 753. The van der Waals surface area contributed by atoms with Crippen molar-refractivity contribution in [1.29, 1.82) is 0 Å². The van der Waals surface area contributed by atoms with Crippen LogP contribution in [-0.2, 0) is 0 Å². The van der Waals surface area contributed by atoms with E-state index >= 15 is 0 Å². The molecule has 0 aromatic heterocycles. The van der Waals surface area contributed by atoms with Crippen molar-refractivity contribution in [2.75, 3.05) is 26.2 Å². The standard InChI is InChI=1S/C19H19IN2O2/c1-14-6-5-9-16(17(14)20)19(24)22-12-10-21(11-13-22)18(23)15-7-3-2-4-8-15/h2-9H,10-13H2,1H3. The van der Waals surface area contributed by atoms with E-state index in [1.165, 1.54) is 0 Å². The van der Waals surface area contributed by atoms with Gasteiger partial charge in [-0.15, -0.1) is 0 Å². The average Bonchev–Trinajstić information content (AvgIpc) is 2.64. The molecule has 2 aromatic rings. The van der Waals surface area contributed by atoms with Gasteiger partial charge < -0.3 is 9.80 Å². The third-order valence-electron chi connectivity index (χ3n) is 4.30. The highest BCUT2D eigenvalue weighted by Gasteiger charge is 2.26. The van der Waals surface area contributed by atoms with Crippen LogP contribution in [0.25, 0.3) is 0 Å². The van der Waals surface area contributed by atoms with Crippen LogP contribution in [-0.4, -0.2) is 47.8 Å². The lowest BCUT2D eigenvalue weighted by molar-refractivity contribution is 0.0535. The molecule has 4 nitrogen and oxygen atoms in total. The van der Waals surface area contributed by atoms with Crippen LogP contribution in [0.1, 0.15) is 26.3 Å². The lowest BCUT2D eigenvalue weighted by atomic mass is 10.1. The maximum absolute atomic E-state index is 12.7. The minimum Gasteiger partial charge on any atom is -0.335 e. The van der Waals surface area contributed by atoms with E-state index in [9.17, 15) is 9.59 Å². The molecule has 1 fully saturated rings. The smallest absolute Gasteiger partial charge is 0.255 e. The zero-order valence-corrected chi connectivity index (χ0v) is 15.7. The Morgan fingerprint density at radius 3 is 2.04 bits per heavy atom. The molecule has 0 bridgehead atoms. The van der Waals surface area contributed by atoms with Crippen molar-refractivity contribution in [3.8, 4) is 0 Å². The summed E-state index contributed by atoms with van der Waals surface area (Å²) in [5.74, 6) is 0.0859. The van der Waals surface area contributed by atoms with Gasteiger partial charge in [-0.05, 0) is 53.3 Å². The number of piperazine rings is 1. The second kappa shape index (κ2) is 7.34. The minimum absolute atomic E-state index is 0.0350. The van der Waals surface area contributed by atoms with E-state index in [4.69, 9.17) is 0 Å². The fourth-order valence-electron chi connectivity index (χ4n) is 2.86. The summed E-state index contributed by atoms with van der Waals surface area (Å²) in [6, 6.07) is 15.1. The molecule has 1 saturated heterocycles. The van der Waals surface area contributed by atoms with Crippen molar-refractivity contribution in [2.45, 2.75) is 6.92 Å². The predicted octanol–water partition coefficient (Wildman–Crippen LogP) is 3.20. The van der Waals surface area contributed by atoms with Crippen LogP contribution in [0.3, 0.4) is 0 Å². The second-order valence-corrected chi connectivity index (χ2v) is 6.97. The summed E-state index contributed by atoms with van der Waals surface area (Å²) < 4.78 is 1.00. The summed E-state index contributed by atoms with van der Waals surface area (Å²) in [6.07, 6.45) is 0. The number of aryl methyl sites for hydroxylation is 1. The zero-order valence-electron chi connectivity index (χ0n) is 13.5. The summed E-state index contributed by atoms with van der Waals surface area (Å²) in [7, 11) is 0. The summed E-state index contributed by atoms with van der Waals surface area (Å²) in [5.41, 5.74) is 2.56. The van der Waals surface area contributed by atoms with E-state index in [1.54, 1.807) is 0 Å². The number of benzene rings is 2. The van der Waals surface area contributed by atoms with Gasteiger partial charge in [0.05, 0.1) is 5.56 Å². The monoisotopic (exact) mass is 434 g/mol. The number of hydrogen-bond acceptors (Lipinski definition) is 2. The normalized spacial score (nSPS) is 14.6. The number of halogens is 1. The van der Waals surface area contributed by atoms with Crippen molar-refractivity contribution >= 4 is 34.4 Å². The molecule has 5 heteroatoms. The van der Waals surface area contributed by atoms with E-state index in [-0.39, 0.29) is 11.8 Å². The molecule has 1 aliphatic heterocycles. The number of nitrogens with zero attached hydrogens (tertiary/aromatic N) is 2. The molecule has 1 aliphatic rings. The molecule has 2 amide bonds. The minimum atomic E-state index is 0.0350. The van der Waals surface area contributed by atoms with Crippen molar-refractivity contribution in [2.24, 2.45) is 0 Å². The van der Waals surface area contributed by atoms with E-state index in [2.05, 4.69) is 22.6 Å². The van der Waals surface area contributed by atoms with Crippen molar-refractivity contribution < 1.29 is 9.59 Å². The number of rotatable bonds is 2. The summed E-state index contributed by atoms with van der Waals surface area (Å²) >= 11 is 2.23. The first-order chi connectivity index (χ1) is 11.6. The molecule has 1 heterocycles. The number of hydrogen-bond donors (Lipinski definition) is 0. The van der Waals surface area contributed by atoms with Gasteiger partial charge in [0.1, 0.15) is 0 Å². The Balaban J connectivity index is 1.66. The van der Waals surface area contributed by atoms with E-state index in [0.29, 0.717) is 31.7 Å². The lowest BCUT2D eigenvalue weighted by Crippen LogP contribution is -2.50. The Hall–Kier alpha value is -1.89. The lowest BCUT2D eigenvalue weighted by Gasteiger charge is -2.35. The molecule has 0 spiro atoms. The molecule has 0 saturated carbocycles. The van der Waals surface area contributed by atoms with Crippen LogP contribution in [0, 0.1) is 10.5 Å². The van der Waals surface area contributed by atoms with Gasteiger partial charge in [-0.2, -0.15) is 0 Å². The fraction of sp³-hybridized carbons (Fsp3) is 0.263. The Morgan fingerprint density at radius 2 is 1.42 bits per heavy atom. The molecule has 0 N–H and O–H groups in total. The average molecular weight is 434 g/mol. The predicted molar refractivity (Wildman–Crippen MR) is 102 cm³/mol. The first kappa shape index (κ1) is 17.0. The van der Waals surface area contributed by atoms with E-state index < -0.39 is 0 Å². The highest BCUT2D eigenvalue weighted by molar-refractivity contribution is 14.1. The van der Waals surface area contributed by atoms with Crippen LogP contribution in [0.4, 0.5) is 0 Å². The SMILES string of the molecule is Cc1cccc(C(=O)N2CCN(C(=O)c3ccccc3)CC2)c1I. The van der Waals surface area contributed by atoms with Gasteiger partial charge in [0.2, 0.25) is 0 Å². The van der Waals surface area contributed by atoms with Crippen LogP contribution >= 0.6 is 22.6 Å². The largest absolute Gasteiger partial charge is 0.335 e. The Morgan fingerprint density at radius 1 is 0.833 bits per heavy atom. The van der Waals surface area contributed by atoms with Crippen LogP contribution < -0.4 is 0 Å². The third-order valence-corrected chi connectivity index (χ3v) is 5.73. The Labute approximate surface area is 155 Å². The summed E-state index contributed by atoms with van der Waals surface area (Å²) in [6.45, 7) is 4.29. The van der Waals surface area contributed by atoms with Gasteiger partial charge >= 0.3 is 0 Å². The molecule has 3 rings (SSSR count). The molecule has 0 aliphatic carbocycles. The van der Waals surface area contributed by atoms with Gasteiger partial charge in [-0.1, -0.05) is 30.3 Å². The fourth-order valence-corrected chi connectivity index (χ4v) is 3.45. The number of carbonyl (C=O) groups is 2. The second-order valence-electron chi connectivity index (χ2n) is 5.89. The van der Waals surface area contributed by atoms with Crippen molar-refractivity contribution in [3.63, 3.8) is 0 Å². The quantitative estimate of drug-likeness (QED) is 0.682. The van der Waals surface area contributed by atoms with Crippen molar-refractivity contribution in [1.82, 2.24) is 9.80 Å². The molecule has 124 valence electrons. The van der Waals surface area contributed by atoms with Crippen LogP contribution in [0.5, 0.6) is 0 Å². The molecule has 24 heavy (non-hydrogen) atoms. The van der Waals surface area contributed by atoms with Gasteiger partial charge in [0, 0.05) is 35.3 Å². The first-order valence-electron chi connectivity index (χ1n) is 7.96. The third kappa shape index (κ3) is 3.45. The topological polar surface area (TPSA) is 40.6 Å². The maximum Gasteiger partial charge on any atom is 0.255 e. The molecule has 2 aromatic carbocycles. The summed E-state index contributed by atoms with van der Waals surface area (Å²) in [5, 5.41) is 0. The van der Waals surface area contributed by atoms with Gasteiger partial charge in [-0.25, -0.2) is 0 Å².